The third-order valence-corrected chi connectivity index (χ3v) is 5.66. The second kappa shape index (κ2) is 7.81. The number of carbonyl (C=O) groups excluding carboxylic acids is 1. The Hall–Kier alpha value is -2.97. The SMILES string of the molecule is Cc1nc(NCC2CC(COc3cncc(F)c3)C2)nc2c1NC(=O)[C@H](C)N2C. The fraction of sp³-hybridized carbons (Fsp3) is 0.500. The largest absolute Gasteiger partial charge is 0.492 e. The number of amides is 1. The van der Waals surface area contributed by atoms with Crippen molar-refractivity contribution in [3.05, 3.63) is 30.0 Å². The Balaban J connectivity index is 1.28. The summed E-state index contributed by atoms with van der Waals surface area (Å²) in [6.45, 7) is 5.06. The number of rotatable bonds is 6. The zero-order valence-corrected chi connectivity index (χ0v) is 16.8. The zero-order chi connectivity index (χ0) is 20.5. The van der Waals surface area contributed by atoms with Crippen molar-refractivity contribution in [1.29, 1.82) is 0 Å². The molecule has 2 aromatic heterocycles. The number of halogens is 1. The van der Waals surface area contributed by atoms with Gasteiger partial charge < -0.3 is 20.3 Å². The van der Waals surface area contributed by atoms with Crippen molar-refractivity contribution in [3.63, 3.8) is 0 Å². The zero-order valence-electron chi connectivity index (χ0n) is 16.8. The number of carbonyl (C=O) groups is 1. The molecule has 0 aromatic carbocycles. The number of aromatic nitrogens is 3. The molecule has 29 heavy (non-hydrogen) atoms. The summed E-state index contributed by atoms with van der Waals surface area (Å²) in [5.74, 6) is 2.30. The molecule has 1 aliphatic carbocycles. The van der Waals surface area contributed by atoms with Crippen LogP contribution in [0.3, 0.4) is 0 Å². The highest BCUT2D eigenvalue weighted by Crippen LogP contribution is 2.35. The standard InChI is InChI=1S/C20H25FN6O2/c1-11-17-18(27(3)12(2)19(28)25-17)26-20(24-11)23-7-13-4-14(5-13)10-29-16-6-15(21)8-22-9-16/h6,8-9,12-14H,4-5,7,10H2,1-3H3,(H,25,28)(H,23,24,26)/t12-,13?,14?/m0/s1. The molecule has 0 saturated heterocycles. The third kappa shape index (κ3) is 4.08. The molecule has 4 rings (SSSR count). The van der Waals surface area contributed by atoms with E-state index in [1.807, 2.05) is 25.8 Å². The predicted octanol–water partition coefficient (Wildman–Crippen LogP) is 2.61. The highest BCUT2D eigenvalue weighted by molar-refractivity contribution is 6.03. The Morgan fingerprint density at radius 1 is 1.31 bits per heavy atom. The lowest BCUT2D eigenvalue weighted by molar-refractivity contribution is -0.117. The molecule has 0 bridgehead atoms. The molecular formula is C20H25FN6O2. The van der Waals surface area contributed by atoms with Gasteiger partial charge in [-0.05, 0) is 38.5 Å². The van der Waals surface area contributed by atoms with E-state index in [2.05, 4.69) is 25.6 Å². The number of hydrogen-bond acceptors (Lipinski definition) is 7. The molecule has 3 heterocycles. The van der Waals surface area contributed by atoms with Crippen LogP contribution in [0.1, 0.15) is 25.5 Å². The van der Waals surface area contributed by atoms with Crippen LogP contribution < -0.4 is 20.3 Å². The second-order valence-corrected chi connectivity index (χ2v) is 7.84. The summed E-state index contributed by atoms with van der Waals surface area (Å²) in [6, 6.07) is 1.08. The number of nitrogens with zero attached hydrogens (tertiary/aromatic N) is 4. The van der Waals surface area contributed by atoms with Gasteiger partial charge in [-0.2, -0.15) is 4.98 Å². The minimum atomic E-state index is -0.391. The molecule has 0 spiro atoms. The van der Waals surface area contributed by atoms with Gasteiger partial charge in [-0.25, -0.2) is 9.37 Å². The number of anilines is 3. The topological polar surface area (TPSA) is 92.3 Å². The summed E-state index contributed by atoms with van der Waals surface area (Å²) >= 11 is 0. The molecule has 8 nitrogen and oxygen atoms in total. The van der Waals surface area contributed by atoms with Crippen LogP contribution in [0.15, 0.2) is 18.5 Å². The molecule has 1 atom stereocenters. The van der Waals surface area contributed by atoms with Crippen molar-refractivity contribution in [2.75, 3.05) is 35.7 Å². The first-order valence-electron chi connectivity index (χ1n) is 9.80. The molecule has 0 unspecified atom stereocenters. The molecule has 1 saturated carbocycles. The Bertz CT molecular complexity index is 918. The maximum Gasteiger partial charge on any atom is 0.246 e. The second-order valence-electron chi connectivity index (χ2n) is 7.84. The average Bonchev–Trinajstić information content (AvgIpc) is 2.65. The highest BCUT2D eigenvalue weighted by atomic mass is 19.1. The average molecular weight is 400 g/mol. The summed E-state index contributed by atoms with van der Waals surface area (Å²) in [5, 5.41) is 6.21. The minimum Gasteiger partial charge on any atom is -0.492 e. The van der Waals surface area contributed by atoms with E-state index in [9.17, 15) is 9.18 Å². The lowest BCUT2D eigenvalue weighted by Crippen LogP contribution is -2.45. The quantitative estimate of drug-likeness (QED) is 0.770. The molecule has 9 heteroatoms. The van der Waals surface area contributed by atoms with Gasteiger partial charge in [0, 0.05) is 19.7 Å². The molecule has 2 aromatic rings. The van der Waals surface area contributed by atoms with Crippen molar-refractivity contribution < 1.29 is 13.9 Å². The summed E-state index contributed by atoms with van der Waals surface area (Å²) in [4.78, 5) is 26.7. The Morgan fingerprint density at radius 2 is 2.10 bits per heavy atom. The molecule has 1 aliphatic heterocycles. The highest BCUT2D eigenvalue weighted by Gasteiger charge is 2.32. The fourth-order valence-corrected chi connectivity index (χ4v) is 3.72. The Labute approximate surface area is 168 Å². The minimum absolute atomic E-state index is 0.0517. The first-order chi connectivity index (χ1) is 13.9. The van der Waals surface area contributed by atoms with Gasteiger partial charge in [0.2, 0.25) is 11.9 Å². The summed E-state index contributed by atoms with van der Waals surface area (Å²) < 4.78 is 18.7. The normalized spacial score (nSPS) is 23.1. The van der Waals surface area contributed by atoms with Crippen LogP contribution in [0.4, 0.5) is 21.8 Å². The van der Waals surface area contributed by atoms with E-state index in [1.54, 1.807) is 0 Å². The van der Waals surface area contributed by atoms with E-state index in [0.29, 0.717) is 35.8 Å². The van der Waals surface area contributed by atoms with E-state index in [1.165, 1.54) is 12.3 Å². The Morgan fingerprint density at radius 3 is 2.86 bits per heavy atom. The molecule has 1 fully saturated rings. The first kappa shape index (κ1) is 19.4. The summed E-state index contributed by atoms with van der Waals surface area (Å²) in [7, 11) is 1.86. The number of likely N-dealkylation sites (N-methyl/N-ethyl adjacent to an activating group) is 1. The van der Waals surface area contributed by atoms with Crippen LogP contribution in [0.5, 0.6) is 5.75 Å². The van der Waals surface area contributed by atoms with Crippen molar-refractivity contribution >= 4 is 23.4 Å². The van der Waals surface area contributed by atoms with Crippen molar-refractivity contribution in [1.82, 2.24) is 15.0 Å². The van der Waals surface area contributed by atoms with E-state index in [0.717, 1.165) is 37.1 Å². The van der Waals surface area contributed by atoms with E-state index in [4.69, 9.17) is 4.74 Å². The number of nitrogens with one attached hydrogen (secondary N) is 2. The monoisotopic (exact) mass is 400 g/mol. The molecule has 2 aliphatic rings. The Kier molecular flexibility index (Phi) is 5.21. The number of hydrogen-bond donors (Lipinski definition) is 2. The number of fused-ring (bicyclic) bond motifs is 1. The van der Waals surface area contributed by atoms with Crippen LogP contribution in [-0.4, -0.2) is 47.1 Å². The van der Waals surface area contributed by atoms with Gasteiger partial charge >= 0.3 is 0 Å². The van der Waals surface area contributed by atoms with Crippen LogP contribution >= 0.6 is 0 Å². The number of ether oxygens (including phenoxy) is 1. The van der Waals surface area contributed by atoms with Gasteiger partial charge in [0.1, 0.15) is 23.3 Å². The smallest absolute Gasteiger partial charge is 0.246 e. The molecule has 0 radical (unpaired) electrons. The van der Waals surface area contributed by atoms with Crippen LogP contribution in [0.2, 0.25) is 0 Å². The molecule has 1 amide bonds. The van der Waals surface area contributed by atoms with E-state index in [-0.39, 0.29) is 11.9 Å². The third-order valence-electron chi connectivity index (χ3n) is 5.66. The first-order valence-corrected chi connectivity index (χ1v) is 9.80. The lowest BCUT2D eigenvalue weighted by Gasteiger charge is -2.35. The maximum absolute atomic E-state index is 13.1. The molecule has 154 valence electrons. The van der Waals surface area contributed by atoms with E-state index >= 15 is 0 Å². The molecular weight excluding hydrogens is 375 g/mol. The van der Waals surface area contributed by atoms with Gasteiger partial charge in [-0.1, -0.05) is 0 Å². The van der Waals surface area contributed by atoms with Gasteiger partial charge in [-0.3, -0.25) is 9.78 Å². The maximum atomic E-state index is 13.1. The van der Waals surface area contributed by atoms with Crippen molar-refractivity contribution in [2.24, 2.45) is 11.8 Å². The van der Waals surface area contributed by atoms with Gasteiger partial charge in [0.15, 0.2) is 5.82 Å². The fourth-order valence-electron chi connectivity index (χ4n) is 3.72. The van der Waals surface area contributed by atoms with Crippen LogP contribution in [0, 0.1) is 24.6 Å². The van der Waals surface area contributed by atoms with Gasteiger partial charge in [0.05, 0.1) is 24.7 Å². The predicted molar refractivity (Wildman–Crippen MR) is 108 cm³/mol. The van der Waals surface area contributed by atoms with Crippen molar-refractivity contribution in [3.8, 4) is 5.75 Å². The van der Waals surface area contributed by atoms with Crippen LogP contribution in [0.25, 0.3) is 0 Å². The summed E-state index contributed by atoms with van der Waals surface area (Å²) in [6.07, 6.45) is 4.75. The molecule has 2 N–H and O–H groups in total. The lowest BCUT2D eigenvalue weighted by atomic mass is 9.75. The number of aryl methyl sites for hydroxylation is 1. The van der Waals surface area contributed by atoms with Gasteiger partial charge in [-0.15, -0.1) is 0 Å². The number of pyridine rings is 1. The summed E-state index contributed by atoms with van der Waals surface area (Å²) in [5.41, 5.74) is 1.42. The van der Waals surface area contributed by atoms with Crippen molar-refractivity contribution in [2.45, 2.75) is 32.7 Å². The van der Waals surface area contributed by atoms with E-state index < -0.39 is 5.82 Å². The van der Waals surface area contributed by atoms with Gasteiger partial charge in [0.25, 0.3) is 0 Å². The van der Waals surface area contributed by atoms with Crippen LogP contribution in [-0.2, 0) is 4.79 Å².